The summed E-state index contributed by atoms with van der Waals surface area (Å²) in [7, 11) is 2.03. The Hall–Kier alpha value is -0.100. The molecule has 0 aliphatic carbocycles. The molecule has 20 heavy (non-hydrogen) atoms. The first kappa shape index (κ1) is 16.3. The maximum absolute atomic E-state index is 6.28. The van der Waals surface area contributed by atoms with Gasteiger partial charge in [-0.2, -0.15) is 0 Å². The fourth-order valence-electron chi connectivity index (χ4n) is 2.17. The van der Waals surface area contributed by atoms with Crippen molar-refractivity contribution >= 4 is 50.5 Å². The third kappa shape index (κ3) is 3.75. The molecule has 2 N–H and O–H groups in total. The lowest BCUT2D eigenvalue weighted by molar-refractivity contribution is 0.242. The van der Waals surface area contributed by atoms with Gasteiger partial charge in [-0.3, -0.25) is 4.90 Å². The largest absolute Gasteiger partial charge is 0.329 e. The summed E-state index contributed by atoms with van der Waals surface area (Å²) in [5.74, 6) is 0. The fraction of sp³-hybridized carbons (Fsp3) is 0.286. The van der Waals surface area contributed by atoms with Crippen molar-refractivity contribution in [2.45, 2.75) is 12.6 Å². The van der Waals surface area contributed by atoms with E-state index in [0.29, 0.717) is 16.6 Å². The molecule has 2 rings (SSSR count). The van der Waals surface area contributed by atoms with Gasteiger partial charge in [0.05, 0.1) is 9.83 Å². The summed E-state index contributed by atoms with van der Waals surface area (Å²) >= 11 is 17.7. The maximum Gasteiger partial charge on any atom is 0.0701 e. The smallest absolute Gasteiger partial charge is 0.0701 e. The van der Waals surface area contributed by atoms with Gasteiger partial charge in [0.1, 0.15) is 0 Å². The molecule has 6 heteroatoms. The summed E-state index contributed by atoms with van der Waals surface area (Å²) in [4.78, 5) is 2.17. The zero-order valence-electron chi connectivity index (χ0n) is 10.9. The molecule has 1 aromatic carbocycles. The Morgan fingerprint density at radius 2 is 2.00 bits per heavy atom. The molecule has 2 aromatic rings. The average molecular weight is 394 g/mol. The molecule has 0 amide bonds. The number of rotatable bonds is 5. The SMILES string of the molecule is CN(Cc1csc(Br)c1)C(CN)c1c(Cl)cccc1Cl. The van der Waals surface area contributed by atoms with Crippen molar-refractivity contribution in [3.05, 3.63) is 54.6 Å². The summed E-state index contributed by atoms with van der Waals surface area (Å²) < 4.78 is 1.13. The van der Waals surface area contributed by atoms with Crippen molar-refractivity contribution < 1.29 is 0 Å². The first-order valence-electron chi connectivity index (χ1n) is 6.10. The van der Waals surface area contributed by atoms with Crippen molar-refractivity contribution in [2.24, 2.45) is 5.73 Å². The standard InChI is InChI=1S/C14H15BrCl2N2S/c1-19(7-9-5-13(15)20-8-9)12(6-18)14-10(16)3-2-4-11(14)17/h2-5,8,12H,6-7,18H2,1H3. The van der Waals surface area contributed by atoms with Crippen molar-refractivity contribution in [3.63, 3.8) is 0 Å². The zero-order chi connectivity index (χ0) is 14.7. The summed E-state index contributed by atoms with van der Waals surface area (Å²) in [5, 5.41) is 3.44. The molecule has 0 radical (unpaired) electrons. The lowest BCUT2D eigenvalue weighted by atomic mass is 10.0. The van der Waals surface area contributed by atoms with E-state index in [2.05, 4.69) is 32.3 Å². The van der Waals surface area contributed by atoms with Crippen LogP contribution in [-0.2, 0) is 6.54 Å². The second kappa shape index (κ2) is 7.25. The molecule has 0 saturated carbocycles. The Morgan fingerprint density at radius 1 is 1.35 bits per heavy atom. The normalized spacial score (nSPS) is 12.9. The molecule has 1 atom stereocenters. The van der Waals surface area contributed by atoms with Gasteiger partial charge in [-0.25, -0.2) is 0 Å². The van der Waals surface area contributed by atoms with Gasteiger partial charge in [0.15, 0.2) is 0 Å². The van der Waals surface area contributed by atoms with Crippen molar-refractivity contribution in [3.8, 4) is 0 Å². The van der Waals surface area contributed by atoms with Crippen LogP contribution < -0.4 is 5.73 Å². The maximum atomic E-state index is 6.28. The number of halogens is 3. The summed E-state index contributed by atoms with van der Waals surface area (Å²) in [6, 6.07) is 7.65. The summed E-state index contributed by atoms with van der Waals surface area (Å²) in [5.41, 5.74) is 8.08. The van der Waals surface area contributed by atoms with Crippen LogP contribution >= 0.6 is 50.5 Å². The second-order valence-corrected chi connectivity index (χ2v) is 7.67. The number of hydrogen-bond donors (Lipinski definition) is 1. The second-order valence-electron chi connectivity index (χ2n) is 4.56. The van der Waals surface area contributed by atoms with Crippen LogP contribution in [-0.4, -0.2) is 18.5 Å². The van der Waals surface area contributed by atoms with Gasteiger partial charge in [0.25, 0.3) is 0 Å². The van der Waals surface area contributed by atoms with Gasteiger partial charge in [-0.05, 0) is 52.1 Å². The molecule has 0 spiro atoms. The van der Waals surface area contributed by atoms with Gasteiger partial charge in [0.2, 0.25) is 0 Å². The first-order valence-corrected chi connectivity index (χ1v) is 8.53. The van der Waals surface area contributed by atoms with E-state index >= 15 is 0 Å². The van der Waals surface area contributed by atoms with E-state index in [-0.39, 0.29) is 6.04 Å². The number of benzene rings is 1. The van der Waals surface area contributed by atoms with Gasteiger partial charge < -0.3 is 5.73 Å². The molecule has 0 aliphatic rings. The summed E-state index contributed by atoms with van der Waals surface area (Å²) in [6.45, 7) is 1.26. The Balaban J connectivity index is 2.23. The Kier molecular flexibility index (Phi) is 5.90. The van der Waals surface area contributed by atoms with Crippen LogP contribution in [0.3, 0.4) is 0 Å². The zero-order valence-corrected chi connectivity index (χ0v) is 14.9. The highest BCUT2D eigenvalue weighted by Gasteiger charge is 2.21. The quantitative estimate of drug-likeness (QED) is 0.778. The van der Waals surface area contributed by atoms with E-state index in [0.717, 1.165) is 15.9 Å². The Labute approximate surface area is 141 Å². The Morgan fingerprint density at radius 3 is 2.50 bits per heavy atom. The lowest BCUT2D eigenvalue weighted by Gasteiger charge is -2.28. The van der Waals surface area contributed by atoms with E-state index < -0.39 is 0 Å². The topological polar surface area (TPSA) is 29.3 Å². The molecule has 1 heterocycles. The van der Waals surface area contributed by atoms with Gasteiger partial charge in [-0.15, -0.1) is 11.3 Å². The minimum absolute atomic E-state index is 0.00474. The predicted octanol–water partition coefficient (Wildman–Crippen LogP) is 4.95. The first-order chi connectivity index (χ1) is 9.52. The molecular weight excluding hydrogens is 379 g/mol. The van der Waals surface area contributed by atoms with Crippen LogP contribution in [0.4, 0.5) is 0 Å². The van der Waals surface area contributed by atoms with Crippen LogP contribution in [0.1, 0.15) is 17.2 Å². The minimum Gasteiger partial charge on any atom is -0.329 e. The molecule has 1 aromatic heterocycles. The van der Waals surface area contributed by atoms with Crippen molar-refractivity contribution in [2.75, 3.05) is 13.6 Å². The highest BCUT2D eigenvalue weighted by molar-refractivity contribution is 9.11. The van der Waals surface area contributed by atoms with E-state index in [4.69, 9.17) is 28.9 Å². The van der Waals surface area contributed by atoms with E-state index in [1.807, 2.05) is 25.2 Å². The van der Waals surface area contributed by atoms with Crippen LogP contribution in [0, 0.1) is 0 Å². The van der Waals surface area contributed by atoms with Crippen LogP contribution in [0.15, 0.2) is 33.4 Å². The Bertz CT molecular complexity index is 568. The molecule has 0 bridgehead atoms. The molecule has 108 valence electrons. The van der Waals surface area contributed by atoms with E-state index in [9.17, 15) is 0 Å². The molecule has 0 fully saturated rings. The highest BCUT2D eigenvalue weighted by Crippen LogP contribution is 2.33. The van der Waals surface area contributed by atoms with Gasteiger partial charge >= 0.3 is 0 Å². The van der Waals surface area contributed by atoms with E-state index in [1.165, 1.54) is 5.56 Å². The highest BCUT2D eigenvalue weighted by atomic mass is 79.9. The van der Waals surface area contributed by atoms with Gasteiger partial charge in [0, 0.05) is 28.7 Å². The van der Waals surface area contributed by atoms with Crippen molar-refractivity contribution in [1.82, 2.24) is 4.90 Å². The van der Waals surface area contributed by atoms with E-state index in [1.54, 1.807) is 11.3 Å². The molecule has 0 saturated heterocycles. The molecule has 2 nitrogen and oxygen atoms in total. The van der Waals surface area contributed by atoms with Crippen LogP contribution in [0.2, 0.25) is 10.0 Å². The molecule has 1 unspecified atom stereocenters. The lowest BCUT2D eigenvalue weighted by Crippen LogP contribution is -2.30. The molecule has 0 aliphatic heterocycles. The number of likely N-dealkylation sites (N-methyl/N-ethyl adjacent to an activating group) is 1. The monoisotopic (exact) mass is 392 g/mol. The number of nitrogens with zero attached hydrogens (tertiary/aromatic N) is 1. The van der Waals surface area contributed by atoms with Crippen LogP contribution in [0.25, 0.3) is 0 Å². The number of thiophene rings is 1. The fourth-order valence-corrected chi connectivity index (χ4v) is 4.02. The number of nitrogens with two attached hydrogens (primary N) is 1. The van der Waals surface area contributed by atoms with Gasteiger partial charge in [-0.1, -0.05) is 29.3 Å². The van der Waals surface area contributed by atoms with Crippen molar-refractivity contribution in [1.29, 1.82) is 0 Å². The summed E-state index contributed by atoms with van der Waals surface area (Å²) in [6.07, 6.45) is 0. The minimum atomic E-state index is -0.00474. The third-order valence-corrected chi connectivity index (χ3v) is 5.35. The third-order valence-electron chi connectivity index (χ3n) is 3.14. The van der Waals surface area contributed by atoms with Crippen LogP contribution in [0.5, 0.6) is 0 Å². The number of hydrogen-bond acceptors (Lipinski definition) is 3. The molecular formula is C14H15BrCl2N2S. The average Bonchev–Trinajstić information content (AvgIpc) is 2.79. The predicted molar refractivity (Wildman–Crippen MR) is 91.7 cm³/mol.